The van der Waals surface area contributed by atoms with Crippen LogP contribution in [0.5, 0.6) is 0 Å². The molecule has 7 aromatic rings. The predicted octanol–water partition coefficient (Wildman–Crippen LogP) is 10.7. The summed E-state index contributed by atoms with van der Waals surface area (Å²) in [6.45, 7) is 6.88. The Bertz CT molecular complexity index is 2090. The van der Waals surface area contributed by atoms with Crippen molar-refractivity contribution in [1.82, 2.24) is 0 Å². The molecule has 0 bridgehead atoms. The van der Waals surface area contributed by atoms with Gasteiger partial charge in [0.15, 0.2) is 0 Å². The lowest BCUT2D eigenvalue weighted by atomic mass is 9.81. The molecule has 1 nitrogen and oxygen atoms in total. The lowest BCUT2D eigenvalue weighted by Gasteiger charge is -2.22. The minimum Gasteiger partial charge on any atom is -0.455 e. The molecule has 1 aliphatic carbocycles. The van der Waals surface area contributed by atoms with E-state index in [2.05, 4.69) is 136 Å². The van der Waals surface area contributed by atoms with E-state index in [1.54, 1.807) is 0 Å². The average molecular weight is 501 g/mol. The smallest absolute Gasteiger partial charge is 0.143 e. The van der Waals surface area contributed by atoms with Gasteiger partial charge in [0.25, 0.3) is 0 Å². The maximum absolute atomic E-state index is 6.45. The molecule has 0 radical (unpaired) electrons. The lowest BCUT2D eigenvalue weighted by molar-refractivity contribution is 0.660. The van der Waals surface area contributed by atoms with Crippen LogP contribution in [0.15, 0.2) is 120 Å². The molecule has 1 heteroatoms. The summed E-state index contributed by atoms with van der Waals surface area (Å²) in [6.07, 6.45) is 0. The maximum atomic E-state index is 6.45. The summed E-state index contributed by atoms with van der Waals surface area (Å²) in [5.74, 6) is 0. The molecule has 0 N–H and O–H groups in total. The Hall–Kier alpha value is -4.62. The highest BCUT2D eigenvalue weighted by molar-refractivity contribution is 6.20. The monoisotopic (exact) mass is 500 g/mol. The second kappa shape index (κ2) is 7.94. The van der Waals surface area contributed by atoms with Gasteiger partial charge in [0.1, 0.15) is 11.2 Å². The van der Waals surface area contributed by atoms with Gasteiger partial charge in [-0.1, -0.05) is 111 Å². The molecule has 39 heavy (non-hydrogen) atoms. The van der Waals surface area contributed by atoms with Crippen LogP contribution in [-0.2, 0) is 5.41 Å². The van der Waals surface area contributed by atoms with Crippen LogP contribution in [0.3, 0.4) is 0 Å². The SMILES string of the molecule is Cc1cccc2oc3c4ccccc4c(-c4ccc5c(c4)-c4c(-c6ccccc6)cccc4C5(C)C)cc3c12. The Balaban J connectivity index is 1.44. The van der Waals surface area contributed by atoms with Crippen LogP contribution in [0, 0.1) is 6.92 Å². The number of rotatable bonds is 2. The molecule has 0 atom stereocenters. The molecule has 0 saturated carbocycles. The Morgan fingerprint density at radius 2 is 1.31 bits per heavy atom. The van der Waals surface area contributed by atoms with Crippen molar-refractivity contribution in [2.75, 3.05) is 0 Å². The number of aryl methyl sites for hydroxylation is 1. The summed E-state index contributed by atoms with van der Waals surface area (Å²) >= 11 is 0. The largest absolute Gasteiger partial charge is 0.455 e. The molecule has 0 spiro atoms. The standard InChI is InChI=1S/C38H28O/c1-23-11-9-18-34-35(23)31-22-29(27-14-7-8-15-28(27)37(31)39-34)25-19-20-32-30(21-25)36-26(24-12-5-4-6-13-24)16-10-17-33(36)38(32,2)3/h4-22H,1-3H3. The summed E-state index contributed by atoms with van der Waals surface area (Å²) in [4.78, 5) is 0. The van der Waals surface area contributed by atoms with Gasteiger partial charge in [0, 0.05) is 21.6 Å². The van der Waals surface area contributed by atoms with Gasteiger partial charge >= 0.3 is 0 Å². The molecule has 1 aliphatic rings. The number of hydrogen-bond donors (Lipinski definition) is 0. The van der Waals surface area contributed by atoms with Crippen molar-refractivity contribution in [3.05, 3.63) is 132 Å². The van der Waals surface area contributed by atoms with Crippen molar-refractivity contribution in [2.24, 2.45) is 0 Å². The Kier molecular flexibility index (Phi) is 4.56. The van der Waals surface area contributed by atoms with Crippen molar-refractivity contribution in [3.63, 3.8) is 0 Å². The van der Waals surface area contributed by atoms with Crippen LogP contribution < -0.4 is 0 Å². The number of fused-ring (bicyclic) bond motifs is 8. The van der Waals surface area contributed by atoms with Crippen molar-refractivity contribution >= 4 is 32.7 Å². The number of hydrogen-bond acceptors (Lipinski definition) is 1. The lowest BCUT2D eigenvalue weighted by Crippen LogP contribution is -2.14. The van der Waals surface area contributed by atoms with Gasteiger partial charge < -0.3 is 4.42 Å². The van der Waals surface area contributed by atoms with E-state index >= 15 is 0 Å². The first-order valence-corrected chi connectivity index (χ1v) is 13.7. The molecule has 186 valence electrons. The first-order chi connectivity index (χ1) is 19.0. The summed E-state index contributed by atoms with van der Waals surface area (Å²) in [7, 11) is 0. The van der Waals surface area contributed by atoms with Crippen molar-refractivity contribution < 1.29 is 4.42 Å². The number of benzene rings is 6. The molecule has 0 amide bonds. The van der Waals surface area contributed by atoms with E-state index in [9.17, 15) is 0 Å². The van der Waals surface area contributed by atoms with Crippen LogP contribution in [0.1, 0.15) is 30.5 Å². The predicted molar refractivity (Wildman–Crippen MR) is 164 cm³/mol. The van der Waals surface area contributed by atoms with Crippen molar-refractivity contribution in [2.45, 2.75) is 26.2 Å². The van der Waals surface area contributed by atoms with Gasteiger partial charge in [-0.2, -0.15) is 0 Å². The van der Waals surface area contributed by atoms with Crippen LogP contribution in [0.4, 0.5) is 0 Å². The van der Waals surface area contributed by atoms with Gasteiger partial charge in [-0.05, 0) is 80.6 Å². The summed E-state index contributed by atoms with van der Waals surface area (Å²) in [5.41, 5.74) is 13.6. The molecule has 1 aromatic heterocycles. The van der Waals surface area contributed by atoms with E-state index in [1.807, 2.05) is 0 Å². The van der Waals surface area contributed by atoms with Crippen LogP contribution in [0.25, 0.3) is 66.1 Å². The molecule has 0 aliphatic heterocycles. The Morgan fingerprint density at radius 1 is 0.538 bits per heavy atom. The summed E-state index contributed by atoms with van der Waals surface area (Å²) < 4.78 is 6.45. The third-order valence-electron chi connectivity index (χ3n) is 8.81. The molecule has 0 saturated heterocycles. The van der Waals surface area contributed by atoms with Crippen LogP contribution in [-0.4, -0.2) is 0 Å². The van der Waals surface area contributed by atoms with Crippen molar-refractivity contribution in [3.8, 4) is 33.4 Å². The summed E-state index contributed by atoms with van der Waals surface area (Å²) in [5, 5.41) is 4.77. The second-order valence-corrected chi connectivity index (χ2v) is 11.4. The van der Waals surface area contributed by atoms with Crippen LogP contribution in [0.2, 0.25) is 0 Å². The first-order valence-electron chi connectivity index (χ1n) is 13.7. The highest BCUT2D eigenvalue weighted by Crippen LogP contribution is 2.53. The van der Waals surface area contributed by atoms with Crippen LogP contribution >= 0.6 is 0 Å². The zero-order valence-electron chi connectivity index (χ0n) is 22.4. The van der Waals surface area contributed by atoms with Crippen molar-refractivity contribution in [1.29, 1.82) is 0 Å². The Morgan fingerprint density at radius 3 is 2.15 bits per heavy atom. The fourth-order valence-electron chi connectivity index (χ4n) is 6.89. The second-order valence-electron chi connectivity index (χ2n) is 11.4. The molecule has 6 aromatic carbocycles. The zero-order valence-corrected chi connectivity index (χ0v) is 22.4. The Labute approximate surface area is 228 Å². The third-order valence-corrected chi connectivity index (χ3v) is 8.81. The summed E-state index contributed by atoms with van der Waals surface area (Å²) in [6, 6.07) is 42.0. The quantitative estimate of drug-likeness (QED) is 0.230. The highest BCUT2D eigenvalue weighted by Gasteiger charge is 2.37. The third kappa shape index (κ3) is 3.08. The normalized spacial score (nSPS) is 13.7. The zero-order chi connectivity index (χ0) is 26.3. The maximum Gasteiger partial charge on any atom is 0.143 e. The molecular weight excluding hydrogens is 472 g/mol. The minimum atomic E-state index is -0.0577. The van der Waals surface area contributed by atoms with E-state index in [4.69, 9.17) is 4.42 Å². The topological polar surface area (TPSA) is 13.1 Å². The minimum absolute atomic E-state index is 0.0577. The first kappa shape index (κ1) is 22.4. The number of furan rings is 1. The van der Waals surface area contributed by atoms with Gasteiger partial charge in [0.05, 0.1) is 0 Å². The van der Waals surface area contributed by atoms with Gasteiger partial charge in [-0.25, -0.2) is 0 Å². The van der Waals surface area contributed by atoms with Gasteiger partial charge in [0.2, 0.25) is 0 Å². The van der Waals surface area contributed by atoms with Gasteiger partial charge in [-0.15, -0.1) is 0 Å². The fraction of sp³-hybridized carbons (Fsp3) is 0.105. The van der Waals surface area contributed by atoms with E-state index in [0.717, 1.165) is 16.6 Å². The highest BCUT2D eigenvalue weighted by atomic mass is 16.3. The molecule has 8 rings (SSSR count). The average Bonchev–Trinajstić information content (AvgIpc) is 3.46. The van der Waals surface area contributed by atoms with E-state index < -0.39 is 0 Å². The van der Waals surface area contributed by atoms with E-state index in [-0.39, 0.29) is 5.41 Å². The molecular formula is C38H28O. The molecule has 0 unspecified atom stereocenters. The van der Waals surface area contributed by atoms with E-state index in [1.165, 1.54) is 66.2 Å². The molecule has 1 heterocycles. The van der Waals surface area contributed by atoms with Gasteiger partial charge in [-0.3, -0.25) is 0 Å². The van der Waals surface area contributed by atoms with E-state index in [0.29, 0.717) is 0 Å². The molecule has 0 fully saturated rings. The fourth-order valence-corrected chi connectivity index (χ4v) is 6.89.